The Kier molecular flexibility index (Phi) is 4.69. The van der Waals surface area contributed by atoms with Crippen LogP contribution >= 0.6 is 0 Å². The van der Waals surface area contributed by atoms with Crippen LogP contribution in [-0.4, -0.2) is 27.1 Å². The summed E-state index contributed by atoms with van der Waals surface area (Å²) in [6.45, 7) is 8.18. The third-order valence-corrected chi connectivity index (χ3v) is 3.54. The number of hydrogen-bond donors (Lipinski definition) is 2. The number of hydrogen-bond acceptors (Lipinski definition) is 3. The summed E-state index contributed by atoms with van der Waals surface area (Å²) in [5.41, 5.74) is 4.88. The van der Waals surface area contributed by atoms with E-state index in [0.29, 0.717) is 18.5 Å². The smallest absolute Gasteiger partial charge is 0.255 e. The van der Waals surface area contributed by atoms with E-state index in [4.69, 9.17) is 5.73 Å². The lowest BCUT2D eigenvalue weighted by molar-refractivity contribution is -0.126. The molecule has 0 spiro atoms. The topological polar surface area (TPSA) is 90.0 Å². The number of carbonyl (C=O) groups is 2. The van der Waals surface area contributed by atoms with Gasteiger partial charge in [-0.15, -0.1) is 0 Å². The molecule has 0 bridgehead atoms. The summed E-state index contributed by atoms with van der Waals surface area (Å²) in [5.74, 6) is -0.921. The fourth-order valence-corrected chi connectivity index (χ4v) is 2.09. The number of nitrogens with two attached hydrogens (primary N) is 1. The van der Waals surface area contributed by atoms with Crippen molar-refractivity contribution in [2.45, 2.75) is 46.2 Å². The quantitative estimate of drug-likeness (QED) is 0.802. The Labute approximate surface area is 113 Å². The summed E-state index contributed by atoms with van der Waals surface area (Å²) in [6, 6.07) is 0. The zero-order chi connectivity index (χ0) is 14.6. The van der Waals surface area contributed by atoms with E-state index < -0.39 is 11.4 Å². The van der Waals surface area contributed by atoms with Crippen molar-refractivity contribution in [2.75, 3.05) is 0 Å². The number of rotatable bonds is 6. The van der Waals surface area contributed by atoms with Crippen LogP contribution in [0.15, 0.2) is 12.4 Å². The van der Waals surface area contributed by atoms with Crippen LogP contribution in [0.4, 0.5) is 0 Å². The van der Waals surface area contributed by atoms with E-state index >= 15 is 0 Å². The first kappa shape index (κ1) is 15.2. The molecule has 0 radical (unpaired) electrons. The molecule has 0 aromatic carbocycles. The predicted molar refractivity (Wildman–Crippen MR) is 72.4 cm³/mol. The highest BCUT2D eigenvalue weighted by atomic mass is 16.2. The van der Waals surface area contributed by atoms with E-state index in [1.54, 1.807) is 10.9 Å². The zero-order valence-electron chi connectivity index (χ0n) is 11.9. The molecule has 1 heterocycles. The van der Waals surface area contributed by atoms with Crippen molar-refractivity contribution < 1.29 is 9.59 Å². The second-order valence-electron chi connectivity index (χ2n) is 4.88. The van der Waals surface area contributed by atoms with Crippen LogP contribution in [0.1, 0.15) is 44.5 Å². The highest BCUT2D eigenvalue weighted by Crippen LogP contribution is 2.21. The minimum atomic E-state index is -1.02. The molecule has 0 fully saturated rings. The number of primary amides is 1. The molecule has 0 saturated heterocycles. The molecule has 1 rings (SSSR count). The van der Waals surface area contributed by atoms with Crippen LogP contribution < -0.4 is 11.1 Å². The van der Waals surface area contributed by atoms with Gasteiger partial charge in [0.15, 0.2) is 0 Å². The highest BCUT2D eigenvalue weighted by molar-refractivity contribution is 5.98. The van der Waals surface area contributed by atoms with Crippen molar-refractivity contribution in [3.63, 3.8) is 0 Å². The van der Waals surface area contributed by atoms with E-state index in [1.807, 2.05) is 27.7 Å². The van der Waals surface area contributed by atoms with Gasteiger partial charge in [0.05, 0.1) is 11.8 Å². The molecule has 1 unspecified atom stereocenters. The molecule has 1 atom stereocenters. The minimum Gasteiger partial charge on any atom is -0.368 e. The third kappa shape index (κ3) is 2.94. The van der Waals surface area contributed by atoms with E-state index in [1.165, 1.54) is 6.20 Å². The van der Waals surface area contributed by atoms with Crippen LogP contribution in [-0.2, 0) is 11.3 Å². The van der Waals surface area contributed by atoms with Crippen LogP contribution in [0.5, 0.6) is 0 Å². The molecule has 19 heavy (non-hydrogen) atoms. The average Bonchev–Trinajstić information content (AvgIpc) is 2.83. The minimum absolute atomic E-state index is 0.0832. The molecule has 106 valence electrons. The number of aromatic nitrogens is 2. The largest absolute Gasteiger partial charge is 0.368 e. The first-order valence-electron chi connectivity index (χ1n) is 6.52. The second-order valence-corrected chi connectivity index (χ2v) is 4.88. The summed E-state index contributed by atoms with van der Waals surface area (Å²) >= 11 is 0. The van der Waals surface area contributed by atoms with Crippen LogP contribution in [0.3, 0.4) is 0 Å². The first-order chi connectivity index (χ1) is 8.87. The SMILES string of the molecule is CCn1cc(C(=O)NC(CC)(C(N)=O)C(C)C)cn1. The standard InChI is InChI=1S/C13H22N4O2/c1-5-13(9(3)4,12(14)19)16-11(18)10-7-15-17(6-2)8-10/h7-9H,5-6H2,1-4H3,(H2,14,19)(H,16,18). The van der Waals surface area contributed by atoms with E-state index in [9.17, 15) is 9.59 Å². The van der Waals surface area contributed by atoms with Gasteiger partial charge < -0.3 is 11.1 Å². The normalized spacial score (nSPS) is 14.2. The number of nitrogens with zero attached hydrogens (tertiary/aromatic N) is 2. The summed E-state index contributed by atoms with van der Waals surface area (Å²) in [4.78, 5) is 23.9. The zero-order valence-corrected chi connectivity index (χ0v) is 11.9. The fraction of sp³-hybridized carbons (Fsp3) is 0.615. The molecular formula is C13H22N4O2. The van der Waals surface area contributed by atoms with Gasteiger partial charge in [0.25, 0.3) is 5.91 Å². The van der Waals surface area contributed by atoms with Gasteiger partial charge in [-0.3, -0.25) is 14.3 Å². The van der Waals surface area contributed by atoms with Gasteiger partial charge in [0.1, 0.15) is 5.54 Å². The molecule has 3 N–H and O–H groups in total. The van der Waals surface area contributed by atoms with Crippen molar-refractivity contribution >= 4 is 11.8 Å². The van der Waals surface area contributed by atoms with Crippen molar-refractivity contribution in [2.24, 2.45) is 11.7 Å². The maximum atomic E-state index is 12.2. The number of nitrogens with one attached hydrogen (secondary N) is 1. The monoisotopic (exact) mass is 266 g/mol. The average molecular weight is 266 g/mol. The fourth-order valence-electron chi connectivity index (χ4n) is 2.09. The third-order valence-electron chi connectivity index (χ3n) is 3.54. The van der Waals surface area contributed by atoms with Crippen molar-refractivity contribution in [3.8, 4) is 0 Å². The Bertz CT molecular complexity index is 467. The molecule has 1 aromatic heterocycles. The van der Waals surface area contributed by atoms with Gasteiger partial charge in [-0.05, 0) is 19.3 Å². The molecule has 1 aromatic rings. The molecular weight excluding hydrogens is 244 g/mol. The van der Waals surface area contributed by atoms with Crippen molar-refractivity contribution in [3.05, 3.63) is 18.0 Å². The van der Waals surface area contributed by atoms with Crippen LogP contribution in [0.25, 0.3) is 0 Å². The van der Waals surface area contributed by atoms with Crippen LogP contribution in [0, 0.1) is 5.92 Å². The van der Waals surface area contributed by atoms with Crippen LogP contribution in [0.2, 0.25) is 0 Å². The molecule has 0 aliphatic carbocycles. The predicted octanol–water partition coefficient (Wildman–Crippen LogP) is 0.923. The molecule has 0 aliphatic rings. The maximum absolute atomic E-state index is 12.2. The Morgan fingerprint density at radius 1 is 1.47 bits per heavy atom. The Morgan fingerprint density at radius 2 is 2.11 bits per heavy atom. The van der Waals surface area contributed by atoms with Gasteiger partial charge in [-0.1, -0.05) is 20.8 Å². The van der Waals surface area contributed by atoms with Gasteiger partial charge in [-0.2, -0.15) is 5.10 Å². The summed E-state index contributed by atoms with van der Waals surface area (Å²) in [5, 5.41) is 6.81. The van der Waals surface area contributed by atoms with Gasteiger partial charge in [-0.25, -0.2) is 0 Å². The summed E-state index contributed by atoms with van der Waals surface area (Å²) in [6.07, 6.45) is 3.59. The molecule has 0 aliphatic heterocycles. The van der Waals surface area contributed by atoms with E-state index in [-0.39, 0.29) is 11.8 Å². The number of aryl methyl sites for hydroxylation is 1. The summed E-state index contributed by atoms with van der Waals surface area (Å²) < 4.78 is 1.65. The lowest BCUT2D eigenvalue weighted by Crippen LogP contribution is -2.60. The highest BCUT2D eigenvalue weighted by Gasteiger charge is 2.39. The Morgan fingerprint density at radius 3 is 2.47 bits per heavy atom. The van der Waals surface area contributed by atoms with E-state index in [2.05, 4.69) is 10.4 Å². The van der Waals surface area contributed by atoms with E-state index in [0.717, 1.165) is 0 Å². The second kappa shape index (κ2) is 5.86. The maximum Gasteiger partial charge on any atom is 0.255 e. The van der Waals surface area contributed by atoms with Gasteiger partial charge >= 0.3 is 0 Å². The van der Waals surface area contributed by atoms with Gasteiger partial charge in [0, 0.05) is 12.7 Å². The number of carbonyl (C=O) groups excluding carboxylic acids is 2. The molecule has 2 amide bonds. The number of amides is 2. The molecule has 6 heteroatoms. The van der Waals surface area contributed by atoms with Crippen molar-refractivity contribution in [1.82, 2.24) is 15.1 Å². The van der Waals surface area contributed by atoms with Crippen molar-refractivity contribution in [1.29, 1.82) is 0 Å². The lowest BCUT2D eigenvalue weighted by Gasteiger charge is -2.34. The summed E-state index contributed by atoms with van der Waals surface area (Å²) in [7, 11) is 0. The Balaban J connectivity index is 2.97. The van der Waals surface area contributed by atoms with Gasteiger partial charge in [0.2, 0.25) is 5.91 Å². The Hall–Kier alpha value is -1.85. The first-order valence-corrected chi connectivity index (χ1v) is 6.52. The lowest BCUT2D eigenvalue weighted by atomic mass is 9.83. The molecule has 6 nitrogen and oxygen atoms in total. The molecule has 0 saturated carbocycles.